The SMILES string of the molecule is Cc1cc(O)ccc1C(=O)N(C)Cc1ccc(F)cc1. The minimum absolute atomic E-state index is 0.133. The molecule has 2 aromatic carbocycles. The van der Waals surface area contributed by atoms with E-state index in [2.05, 4.69) is 0 Å². The van der Waals surface area contributed by atoms with Crippen LogP contribution >= 0.6 is 0 Å². The minimum atomic E-state index is -0.294. The topological polar surface area (TPSA) is 40.5 Å². The molecule has 4 heteroatoms. The van der Waals surface area contributed by atoms with E-state index < -0.39 is 0 Å². The summed E-state index contributed by atoms with van der Waals surface area (Å²) in [5.41, 5.74) is 2.13. The van der Waals surface area contributed by atoms with Crippen molar-refractivity contribution in [3.05, 3.63) is 65.0 Å². The summed E-state index contributed by atoms with van der Waals surface area (Å²) in [6, 6.07) is 10.7. The molecule has 0 bridgehead atoms. The summed E-state index contributed by atoms with van der Waals surface area (Å²) < 4.78 is 12.8. The maximum atomic E-state index is 12.8. The van der Waals surface area contributed by atoms with E-state index in [9.17, 15) is 14.3 Å². The van der Waals surface area contributed by atoms with Crippen LogP contribution in [-0.4, -0.2) is 23.0 Å². The number of phenols is 1. The Morgan fingerprint density at radius 2 is 1.85 bits per heavy atom. The van der Waals surface area contributed by atoms with E-state index in [1.165, 1.54) is 18.2 Å². The van der Waals surface area contributed by atoms with Crippen LogP contribution in [0.2, 0.25) is 0 Å². The standard InChI is InChI=1S/C16H16FNO2/c1-11-9-14(19)7-8-15(11)16(20)18(2)10-12-3-5-13(17)6-4-12/h3-9,19H,10H2,1-2H3. The summed E-state index contributed by atoms with van der Waals surface area (Å²) >= 11 is 0. The highest BCUT2D eigenvalue weighted by molar-refractivity contribution is 5.95. The summed E-state index contributed by atoms with van der Waals surface area (Å²) in [7, 11) is 1.69. The first-order chi connectivity index (χ1) is 9.47. The molecule has 0 atom stereocenters. The molecular weight excluding hydrogens is 257 g/mol. The third-order valence-corrected chi connectivity index (χ3v) is 3.12. The van der Waals surface area contributed by atoms with Gasteiger partial charge in [0.05, 0.1) is 0 Å². The minimum Gasteiger partial charge on any atom is -0.508 e. The van der Waals surface area contributed by atoms with Crippen molar-refractivity contribution in [3.63, 3.8) is 0 Å². The summed E-state index contributed by atoms with van der Waals surface area (Å²) in [6.07, 6.45) is 0. The maximum Gasteiger partial charge on any atom is 0.254 e. The van der Waals surface area contributed by atoms with Crippen LogP contribution in [0.15, 0.2) is 42.5 Å². The molecule has 0 saturated heterocycles. The lowest BCUT2D eigenvalue weighted by molar-refractivity contribution is 0.0784. The van der Waals surface area contributed by atoms with Gasteiger partial charge in [-0.2, -0.15) is 0 Å². The number of aryl methyl sites for hydroxylation is 1. The first kappa shape index (κ1) is 14.1. The molecule has 0 aliphatic rings. The lowest BCUT2D eigenvalue weighted by atomic mass is 10.1. The Hall–Kier alpha value is -2.36. The lowest BCUT2D eigenvalue weighted by Crippen LogP contribution is -2.26. The third-order valence-electron chi connectivity index (χ3n) is 3.12. The van der Waals surface area contributed by atoms with Crippen molar-refractivity contribution in [1.29, 1.82) is 0 Å². The molecule has 2 aromatic rings. The number of halogens is 1. The first-order valence-electron chi connectivity index (χ1n) is 6.27. The second kappa shape index (κ2) is 5.74. The zero-order chi connectivity index (χ0) is 14.7. The fourth-order valence-corrected chi connectivity index (χ4v) is 2.03. The van der Waals surface area contributed by atoms with Gasteiger partial charge in [0.2, 0.25) is 0 Å². The van der Waals surface area contributed by atoms with Crippen LogP contribution < -0.4 is 0 Å². The molecule has 1 N–H and O–H groups in total. The third kappa shape index (κ3) is 3.15. The molecule has 2 rings (SSSR count). The van der Waals surface area contributed by atoms with Gasteiger partial charge in [0.15, 0.2) is 0 Å². The van der Waals surface area contributed by atoms with Gasteiger partial charge in [-0.3, -0.25) is 4.79 Å². The van der Waals surface area contributed by atoms with Gasteiger partial charge in [-0.1, -0.05) is 12.1 Å². The highest BCUT2D eigenvalue weighted by Crippen LogP contribution is 2.18. The highest BCUT2D eigenvalue weighted by Gasteiger charge is 2.14. The quantitative estimate of drug-likeness (QED) is 0.933. The fraction of sp³-hybridized carbons (Fsp3) is 0.188. The van der Waals surface area contributed by atoms with Gasteiger partial charge in [0, 0.05) is 19.2 Å². The predicted octanol–water partition coefficient (Wildman–Crippen LogP) is 3.11. The van der Waals surface area contributed by atoms with Gasteiger partial charge in [0.25, 0.3) is 5.91 Å². The van der Waals surface area contributed by atoms with E-state index >= 15 is 0 Å². The monoisotopic (exact) mass is 273 g/mol. The van der Waals surface area contributed by atoms with Gasteiger partial charge in [-0.25, -0.2) is 4.39 Å². The van der Waals surface area contributed by atoms with Gasteiger partial charge >= 0.3 is 0 Å². The summed E-state index contributed by atoms with van der Waals surface area (Å²) in [5, 5.41) is 9.36. The van der Waals surface area contributed by atoms with Gasteiger partial charge in [-0.15, -0.1) is 0 Å². The van der Waals surface area contributed by atoms with E-state index in [0.717, 1.165) is 11.1 Å². The molecule has 0 aliphatic heterocycles. The van der Waals surface area contributed by atoms with Crippen LogP contribution in [0.4, 0.5) is 4.39 Å². The second-order valence-corrected chi connectivity index (χ2v) is 4.79. The average molecular weight is 273 g/mol. The molecular formula is C16H16FNO2. The van der Waals surface area contributed by atoms with E-state index in [1.54, 1.807) is 43.1 Å². The zero-order valence-corrected chi connectivity index (χ0v) is 11.4. The Labute approximate surface area is 117 Å². The van der Waals surface area contributed by atoms with E-state index in [4.69, 9.17) is 0 Å². The van der Waals surface area contributed by atoms with Crippen LogP contribution in [-0.2, 0) is 6.54 Å². The summed E-state index contributed by atoms with van der Waals surface area (Å²) in [5.74, 6) is -0.288. The number of nitrogens with zero attached hydrogens (tertiary/aromatic N) is 1. The molecule has 0 spiro atoms. The van der Waals surface area contributed by atoms with Crippen LogP contribution in [0.1, 0.15) is 21.5 Å². The number of hydrogen-bond acceptors (Lipinski definition) is 2. The van der Waals surface area contributed by atoms with Crippen molar-refractivity contribution in [3.8, 4) is 5.75 Å². The molecule has 0 fully saturated rings. The van der Waals surface area contributed by atoms with Crippen LogP contribution in [0.3, 0.4) is 0 Å². The van der Waals surface area contributed by atoms with E-state index in [1.807, 2.05) is 0 Å². The van der Waals surface area contributed by atoms with Gasteiger partial charge < -0.3 is 10.0 Å². The van der Waals surface area contributed by atoms with Crippen molar-refractivity contribution in [2.24, 2.45) is 0 Å². The van der Waals surface area contributed by atoms with Crippen molar-refractivity contribution < 1.29 is 14.3 Å². The molecule has 0 saturated carbocycles. The molecule has 104 valence electrons. The van der Waals surface area contributed by atoms with Gasteiger partial charge in [0.1, 0.15) is 11.6 Å². The number of phenolic OH excluding ortho intramolecular Hbond substituents is 1. The van der Waals surface area contributed by atoms with Crippen molar-refractivity contribution in [1.82, 2.24) is 4.90 Å². The Morgan fingerprint density at radius 3 is 2.45 bits per heavy atom. The summed E-state index contributed by atoms with van der Waals surface area (Å²) in [4.78, 5) is 13.9. The molecule has 0 aliphatic carbocycles. The second-order valence-electron chi connectivity index (χ2n) is 4.79. The summed E-state index contributed by atoms with van der Waals surface area (Å²) in [6.45, 7) is 2.18. The number of carbonyl (C=O) groups excluding carboxylic acids is 1. The van der Waals surface area contributed by atoms with Crippen LogP contribution in [0.5, 0.6) is 5.75 Å². The lowest BCUT2D eigenvalue weighted by Gasteiger charge is -2.18. The maximum absolute atomic E-state index is 12.8. The Bertz CT molecular complexity index is 623. The zero-order valence-electron chi connectivity index (χ0n) is 11.4. The smallest absolute Gasteiger partial charge is 0.254 e. The van der Waals surface area contributed by atoms with E-state index in [0.29, 0.717) is 12.1 Å². The predicted molar refractivity (Wildman–Crippen MR) is 75.0 cm³/mol. The molecule has 0 heterocycles. The number of amides is 1. The first-order valence-corrected chi connectivity index (χ1v) is 6.27. The molecule has 0 radical (unpaired) electrons. The van der Waals surface area contributed by atoms with Gasteiger partial charge in [-0.05, 0) is 48.4 Å². The Morgan fingerprint density at radius 1 is 1.20 bits per heavy atom. The molecule has 3 nitrogen and oxygen atoms in total. The number of aromatic hydroxyl groups is 1. The van der Waals surface area contributed by atoms with Crippen LogP contribution in [0.25, 0.3) is 0 Å². The Balaban J connectivity index is 2.14. The normalized spacial score (nSPS) is 10.3. The number of hydrogen-bond donors (Lipinski definition) is 1. The Kier molecular flexibility index (Phi) is 4.03. The molecule has 20 heavy (non-hydrogen) atoms. The molecule has 1 amide bonds. The fourth-order valence-electron chi connectivity index (χ4n) is 2.03. The number of rotatable bonds is 3. The number of carbonyl (C=O) groups is 1. The number of benzene rings is 2. The molecule has 0 unspecified atom stereocenters. The van der Waals surface area contributed by atoms with Crippen molar-refractivity contribution in [2.45, 2.75) is 13.5 Å². The average Bonchev–Trinajstić information content (AvgIpc) is 2.40. The largest absolute Gasteiger partial charge is 0.508 e. The van der Waals surface area contributed by atoms with Crippen molar-refractivity contribution in [2.75, 3.05) is 7.05 Å². The van der Waals surface area contributed by atoms with E-state index in [-0.39, 0.29) is 17.5 Å². The van der Waals surface area contributed by atoms with Crippen molar-refractivity contribution >= 4 is 5.91 Å². The molecule has 0 aromatic heterocycles. The highest BCUT2D eigenvalue weighted by atomic mass is 19.1. The van der Waals surface area contributed by atoms with Crippen LogP contribution in [0, 0.1) is 12.7 Å².